The minimum absolute atomic E-state index is 0.0409. The zero-order valence-electron chi connectivity index (χ0n) is 14.5. The normalized spacial score (nSPS) is 17.0. The van der Waals surface area contributed by atoms with Gasteiger partial charge in [-0.1, -0.05) is 0 Å². The van der Waals surface area contributed by atoms with Crippen molar-refractivity contribution < 1.29 is 23.9 Å². The first-order valence-corrected chi connectivity index (χ1v) is 8.32. The number of pyridine rings is 1. The maximum absolute atomic E-state index is 12.5. The predicted octanol–water partition coefficient (Wildman–Crippen LogP) is 0.194. The number of amides is 2. The van der Waals surface area contributed by atoms with Crippen LogP contribution in [0.5, 0.6) is 0 Å². The van der Waals surface area contributed by atoms with Crippen LogP contribution in [0.2, 0.25) is 0 Å². The quantitative estimate of drug-likeness (QED) is 0.430. The molecule has 8 nitrogen and oxygen atoms in total. The summed E-state index contributed by atoms with van der Waals surface area (Å²) in [7, 11) is 1.47. The highest BCUT2D eigenvalue weighted by atomic mass is 16.5. The van der Waals surface area contributed by atoms with E-state index in [-0.39, 0.29) is 30.0 Å². The molecule has 0 aliphatic carbocycles. The Labute approximate surface area is 146 Å². The predicted molar refractivity (Wildman–Crippen MR) is 88.3 cm³/mol. The Kier molecular flexibility index (Phi) is 6.32. The van der Waals surface area contributed by atoms with Gasteiger partial charge in [0.05, 0.1) is 19.1 Å². The molecule has 1 aliphatic heterocycles. The molecule has 0 saturated carbocycles. The van der Waals surface area contributed by atoms with E-state index in [0.717, 1.165) is 0 Å². The van der Waals surface area contributed by atoms with Gasteiger partial charge in [0.1, 0.15) is 0 Å². The summed E-state index contributed by atoms with van der Waals surface area (Å²) < 4.78 is 5.49. The Hall–Kier alpha value is -2.64. The number of hydrogen-bond acceptors (Lipinski definition) is 5. The number of likely N-dealkylation sites (N-methyl/N-ethyl adjacent to an activating group) is 1. The van der Waals surface area contributed by atoms with Crippen molar-refractivity contribution in [3.8, 4) is 0 Å². The Balaban J connectivity index is 1.95. The summed E-state index contributed by atoms with van der Waals surface area (Å²) in [5.41, 5.74) is -0.0409. The average Bonchev–Trinajstić information content (AvgIpc) is 2.61. The summed E-state index contributed by atoms with van der Waals surface area (Å²) in [5.74, 6) is -1.39. The van der Waals surface area contributed by atoms with Gasteiger partial charge in [0.2, 0.25) is 5.91 Å². The number of ether oxygens (including phenoxy) is 1. The fourth-order valence-corrected chi connectivity index (χ4v) is 2.82. The molecule has 0 N–H and O–H groups in total. The van der Waals surface area contributed by atoms with Crippen molar-refractivity contribution in [3.63, 3.8) is 0 Å². The molecule has 1 aliphatic rings. The fraction of sp³-hybridized carbons (Fsp3) is 0.529. The average molecular weight is 349 g/mol. The number of piperidine rings is 1. The molecule has 0 spiro atoms. The molecule has 1 aromatic heterocycles. The molecule has 2 rings (SSSR count). The van der Waals surface area contributed by atoms with E-state index in [2.05, 4.69) is 0 Å². The third-order valence-electron chi connectivity index (χ3n) is 4.16. The minimum atomic E-state index is -0.525. The Morgan fingerprint density at radius 2 is 2.16 bits per heavy atom. The second-order valence-corrected chi connectivity index (χ2v) is 6.00. The smallest absolute Gasteiger partial charge is 0.320 e. The maximum Gasteiger partial charge on any atom is 0.320 e. The first kappa shape index (κ1) is 18.7. The lowest BCUT2D eigenvalue weighted by molar-refractivity contribution is -0.608. The van der Waals surface area contributed by atoms with E-state index >= 15 is 0 Å². The van der Waals surface area contributed by atoms with Crippen molar-refractivity contribution in [2.75, 3.05) is 33.3 Å². The summed E-state index contributed by atoms with van der Waals surface area (Å²) in [4.78, 5) is 39.4. The monoisotopic (exact) mass is 349 g/mol. The van der Waals surface area contributed by atoms with Crippen LogP contribution in [-0.2, 0) is 14.3 Å². The molecule has 1 saturated heterocycles. The van der Waals surface area contributed by atoms with Crippen LogP contribution in [0.4, 0.5) is 0 Å². The number of aromatic nitrogens is 1. The van der Waals surface area contributed by atoms with Crippen molar-refractivity contribution in [1.29, 1.82) is 0 Å². The van der Waals surface area contributed by atoms with Gasteiger partial charge < -0.3 is 19.7 Å². The molecule has 1 aromatic rings. The van der Waals surface area contributed by atoms with Gasteiger partial charge in [0.15, 0.2) is 6.20 Å². The van der Waals surface area contributed by atoms with Gasteiger partial charge in [-0.3, -0.25) is 14.4 Å². The lowest BCUT2D eigenvalue weighted by Gasteiger charge is -2.32. The van der Waals surface area contributed by atoms with E-state index in [4.69, 9.17) is 4.74 Å². The van der Waals surface area contributed by atoms with Crippen molar-refractivity contribution in [3.05, 3.63) is 35.3 Å². The van der Waals surface area contributed by atoms with Gasteiger partial charge in [0, 0.05) is 32.3 Å². The van der Waals surface area contributed by atoms with Crippen LogP contribution in [0.1, 0.15) is 30.3 Å². The Bertz CT molecular complexity index is 649. The topological polar surface area (TPSA) is 93.9 Å². The van der Waals surface area contributed by atoms with Gasteiger partial charge >= 0.3 is 11.9 Å². The van der Waals surface area contributed by atoms with Gasteiger partial charge in [-0.05, 0) is 25.8 Å². The molecule has 1 fully saturated rings. The largest absolute Gasteiger partial charge is 0.618 e. The lowest BCUT2D eigenvalue weighted by atomic mass is 9.98. The highest BCUT2D eigenvalue weighted by Gasteiger charge is 2.30. The molecule has 136 valence electrons. The van der Waals surface area contributed by atoms with Gasteiger partial charge in [-0.2, -0.15) is 4.73 Å². The molecule has 25 heavy (non-hydrogen) atoms. The number of carbonyl (C=O) groups is 3. The molecule has 0 unspecified atom stereocenters. The van der Waals surface area contributed by atoms with Crippen molar-refractivity contribution >= 4 is 17.8 Å². The molecule has 0 radical (unpaired) electrons. The lowest BCUT2D eigenvalue weighted by Crippen LogP contribution is -2.48. The first-order valence-electron chi connectivity index (χ1n) is 8.32. The number of hydrogen-bond donors (Lipinski definition) is 0. The number of nitrogens with zero attached hydrogens (tertiary/aromatic N) is 3. The Morgan fingerprint density at radius 3 is 2.84 bits per heavy atom. The molecular formula is C17H23N3O5. The third-order valence-corrected chi connectivity index (χ3v) is 4.16. The van der Waals surface area contributed by atoms with Crippen LogP contribution in [0.25, 0.3) is 0 Å². The van der Waals surface area contributed by atoms with Crippen LogP contribution >= 0.6 is 0 Å². The summed E-state index contributed by atoms with van der Waals surface area (Å²) >= 11 is 0. The van der Waals surface area contributed by atoms with Gasteiger partial charge in [0.25, 0.3) is 5.69 Å². The van der Waals surface area contributed by atoms with Crippen molar-refractivity contribution in [2.24, 2.45) is 5.92 Å². The maximum atomic E-state index is 12.5. The summed E-state index contributed by atoms with van der Waals surface area (Å²) in [6.45, 7) is 2.75. The molecule has 0 aromatic carbocycles. The van der Waals surface area contributed by atoms with Crippen LogP contribution in [0.15, 0.2) is 24.4 Å². The van der Waals surface area contributed by atoms with E-state index in [0.29, 0.717) is 37.3 Å². The highest BCUT2D eigenvalue weighted by molar-refractivity contribution is 5.93. The van der Waals surface area contributed by atoms with Crippen molar-refractivity contribution in [1.82, 2.24) is 9.80 Å². The molecule has 0 bridgehead atoms. The van der Waals surface area contributed by atoms with E-state index in [1.807, 2.05) is 0 Å². The molecule has 8 heteroatoms. The van der Waals surface area contributed by atoms with E-state index in [9.17, 15) is 19.6 Å². The van der Waals surface area contributed by atoms with Crippen LogP contribution in [0, 0.1) is 11.1 Å². The van der Waals surface area contributed by atoms with Crippen LogP contribution in [0.3, 0.4) is 0 Å². The van der Waals surface area contributed by atoms with Crippen LogP contribution < -0.4 is 4.73 Å². The van der Waals surface area contributed by atoms with E-state index < -0.39 is 5.91 Å². The van der Waals surface area contributed by atoms with E-state index in [1.54, 1.807) is 17.9 Å². The Morgan fingerprint density at radius 1 is 1.40 bits per heavy atom. The second-order valence-electron chi connectivity index (χ2n) is 6.00. The number of carbonyl (C=O) groups excluding carboxylic acids is 3. The summed E-state index contributed by atoms with van der Waals surface area (Å²) in [6, 6.07) is 4.53. The van der Waals surface area contributed by atoms with Crippen molar-refractivity contribution in [2.45, 2.75) is 19.8 Å². The van der Waals surface area contributed by atoms with Gasteiger partial charge in [-0.15, -0.1) is 0 Å². The number of rotatable bonds is 5. The molecule has 2 heterocycles. The number of likely N-dealkylation sites (tertiary alicyclic amines) is 1. The molecule has 2 amide bonds. The summed E-state index contributed by atoms with van der Waals surface area (Å²) in [6.07, 6.45) is 2.64. The molecule has 1 atom stereocenters. The standard InChI is InChI=1S/C17H23N3O5/c1-3-25-17(23)13-7-6-9-19(11-13)15(21)12-18(2)16(22)14-8-4-5-10-20(14)24/h4-5,8,10,13H,3,6-7,9,11-12H2,1-2H3/t13-/m0/s1. The molecular weight excluding hydrogens is 326 g/mol. The SMILES string of the molecule is CCOC(=O)[C@H]1CCCN(C(=O)CN(C)C(=O)c2cccc[n+]2[O-])C1. The summed E-state index contributed by atoms with van der Waals surface area (Å²) in [5, 5.41) is 11.7. The van der Waals surface area contributed by atoms with E-state index in [1.165, 1.54) is 30.3 Å². The van der Waals surface area contributed by atoms with Gasteiger partial charge in [-0.25, -0.2) is 0 Å². The third kappa shape index (κ3) is 4.68. The number of esters is 1. The zero-order valence-corrected chi connectivity index (χ0v) is 14.5. The second kappa shape index (κ2) is 8.46. The van der Waals surface area contributed by atoms with Crippen LogP contribution in [-0.4, -0.2) is 60.9 Å². The highest BCUT2D eigenvalue weighted by Crippen LogP contribution is 2.18. The minimum Gasteiger partial charge on any atom is -0.618 e. The fourth-order valence-electron chi connectivity index (χ4n) is 2.82. The first-order chi connectivity index (χ1) is 11.9. The zero-order chi connectivity index (χ0) is 18.4.